The van der Waals surface area contributed by atoms with Crippen LogP contribution in [0, 0.1) is 17.3 Å². The lowest BCUT2D eigenvalue weighted by Gasteiger charge is -2.29. The number of carbonyl (C=O) groups is 2. The molecule has 3 heteroatoms. The summed E-state index contributed by atoms with van der Waals surface area (Å²) in [5, 5.41) is 2.86. The Bertz CT molecular complexity index is 278. The predicted molar refractivity (Wildman–Crippen MR) is 59.3 cm³/mol. The first kappa shape index (κ1) is 12.2. The zero-order chi connectivity index (χ0) is 11.8. The van der Waals surface area contributed by atoms with E-state index in [1.807, 2.05) is 20.8 Å². The standard InChI is InChI=1S/C12H21NO2/c1-7-6-9(7)11(15)13-10(8(2)14)12(3,4)5/h7,9-10H,6H2,1-5H3,(H,13,15)/t7-,9+,10+/m0/s1. The van der Waals surface area contributed by atoms with Crippen LogP contribution in [0.3, 0.4) is 0 Å². The summed E-state index contributed by atoms with van der Waals surface area (Å²) in [5.41, 5.74) is -0.209. The van der Waals surface area contributed by atoms with Crippen LogP contribution in [0.1, 0.15) is 41.0 Å². The molecular formula is C12H21NO2. The van der Waals surface area contributed by atoms with E-state index < -0.39 is 0 Å². The van der Waals surface area contributed by atoms with Gasteiger partial charge in [0, 0.05) is 5.92 Å². The van der Waals surface area contributed by atoms with Crippen molar-refractivity contribution in [1.82, 2.24) is 5.32 Å². The molecule has 0 heterocycles. The van der Waals surface area contributed by atoms with Crippen molar-refractivity contribution in [2.45, 2.75) is 47.1 Å². The third-order valence-corrected chi connectivity index (χ3v) is 3.01. The molecule has 0 saturated heterocycles. The minimum atomic E-state index is -0.363. The first-order valence-electron chi connectivity index (χ1n) is 5.54. The number of hydrogen-bond acceptors (Lipinski definition) is 2. The maximum absolute atomic E-state index is 11.7. The SMILES string of the molecule is CC(=O)[C@@H](NC(=O)[C@@H]1C[C@@H]1C)C(C)(C)C. The second-order valence-electron chi connectivity index (χ2n) is 5.74. The Labute approximate surface area is 91.6 Å². The van der Waals surface area contributed by atoms with E-state index in [4.69, 9.17) is 0 Å². The van der Waals surface area contributed by atoms with Gasteiger partial charge in [0.25, 0.3) is 0 Å². The molecule has 0 spiro atoms. The molecule has 0 aromatic rings. The van der Waals surface area contributed by atoms with Crippen LogP contribution < -0.4 is 5.32 Å². The summed E-state index contributed by atoms with van der Waals surface area (Å²) < 4.78 is 0. The van der Waals surface area contributed by atoms with E-state index in [2.05, 4.69) is 12.2 Å². The molecule has 1 aliphatic rings. The Balaban J connectivity index is 2.60. The zero-order valence-electron chi connectivity index (χ0n) is 10.3. The van der Waals surface area contributed by atoms with Gasteiger partial charge >= 0.3 is 0 Å². The summed E-state index contributed by atoms with van der Waals surface area (Å²) in [4.78, 5) is 23.1. The van der Waals surface area contributed by atoms with Gasteiger partial charge in [0.15, 0.2) is 5.78 Å². The quantitative estimate of drug-likeness (QED) is 0.773. The molecule has 0 aliphatic heterocycles. The van der Waals surface area contributed by atoms with E-state index >= 15 is 0 Å². The van der Waals surface area contributed by atoms with Crippen LogP contribution in [0.4, 0.5) is 0 Å². The van der Waals surface area contributed by atoms with Gasteiger partial charge in [-0.1, -0.05) is 27.7 Å². The number of carbonyl (C=O) groups excluding carboxylic acids is 2. The van der Waals surface area contributed by atoms with Crippen molar-refractivity contribution in [3.05, 3.63) is 0 Å². The molecule has 1 rings (SSSR count). The van der Waals surface area contributed by atoms with Crippen LogP contribution >= 0.6 is 0 Å². The van der Waals surface area contributed by atoms with Gasteiger partial charge in [-0.15, -0.1) is 0 Å². The highest BCUT2D eigenvalue weighted by Gasteiger charge is 2.41. The van der Waals surface area contributed by atoms with E-state index in [9.17, 15) is 9.59 Å². The van der Waals surface area contributed by atoms with E-state index in [1.54, 1.807) is 0 Å². The van der Waals surface area contributed by atoms with Gasteiger partial charge in [0.05, 0.1) is 6.04 Å². The van der Waals surface area contributed by atoms with E-state index in [1.165, 1.54) is 6.92 Å². The van der Waals surface area contributed by atoms with Crippen molar-refractivity contribution in [3.63, 3.8) is 0 Å². The molecule has 1 fully saturated rings. The van der Waals surface area contributed by atoms with Gasteiger partial charge in [-0.3, -0.25) is 9.59 Å². The Hall–Kier alpha value is -0.860. The van der Waals surface area contributed by atoms with Crippen molar-refractivity contribution < 1.29 is 9.59 Å². The molecule has 3 atom stereocenters. The normalized spacial score (nSPS) is 27.0. The summed E-state index contributed by atoms with van der Waals surface area (Å²) >= 11 is 0. The molecule has 1 aliphatic carbocycles. The van der Waals surface area contributed by atoms with Gasteiger partial charge in [-0.25, -0.2) is 0 Å². The molecule has 0 aromatic heterocycles. The van der Waals surface area contributed by atoms with Gasteiger partial charge in [-0.2, -0.15) is 0 Å². The molecule has 0 radical (unpaired) electrons. The monoisotopic (exact) mass is 211 g/mol. The predicted octanol–water partition coefficient (Wildman–Crippen LogP) is 1.76. The molecule has 3 nitrogen and oxygen atoms in total. The van der Waals surface area contributed by atoms with Gasteiger partial charge < -0.3 is 5.32 Å². The lowest BCUT2D eigenvalue weighted by Crippen LogP contribution is -2.48. The fraction of sp³-hybridized carbons (Fsp3) is 0.833. The second kappa shape index (κ2) is 3.95. The first-order chi connectivity index (χ1) is 6.73. The highest BCUT2D eigenvalue weighted by Crippen LogP contribution is 2.38. The number of nitrogens with one attached hydrogen (secondary N) is 1. The fourth-order valence-corrected chi connectivity index (χ4v) is 1.86. The highest BCUT2D eigenvalue weighted by atomic mass is 16.2. The summed E-state index contributed by atoms with van der Waals surface area (Å²) in [6.07, 6.45) is 0.959. The van der Waals surface area contributed by atoms with Crippen molar-refractivity contribution in [1.29, 1.82) is 0 Å². The minimum absolute atomic E-state index is 0.0316. The molecule has 1 amide bonds. The first-order valence-corrected chi connectivity index (χ1v) is 5.54. The molecule has 0 aromatic carbocycles. The molecule has 1 N–H and O–H groups in total. The van der Waals surface area contributed by atoms with Crippen molar-refractivity contribution >= 4 is 11.7 Å². The number of rotatable bonds is 3. The number of Topliss-reactive ketones (excluding diaryl/α,β-unsaturated/α-hetero) is 1. The summed E-state index contributed by atoms with van der Waals surface area (Å²) in [6, 6.07) is -0.363. The average molecular weight is 211 g/mol. The summed E-state index contributed by atoms with van der Waals surface area (Å²) in [7, 11) is 0. The Morgan fingerprint density at radius 3 is 2.07 bits per heavy atom. The lowest BCUT2D eigenvalue weighted by molar-refractivity contribution is -0.130. The number of hydrogen-bond donors (Lipinski definition) is 1. The minimum Gasteiger partial charge on any atom is -0.346 e. The Morgan fingerprint density at radius 1 is 1.33 bits per heavy atom. The number of ketones is 1. The third-order valence-electron chi connectivity index (χ3n) is 3.01. The lowest BCUT2D eigenvalue weighted by atomic mass is 9.84. The van der Waals surface area contributed by atoms with Crippen LogP contribution in [-0.4, -0.2) is 17.7 Å². The second-order valence-corrected chi connectivity index (χ2v) is 5.74. The van der Waals surface area contributed by atoms with Crippen LogP contribution in [0.2, 0.25) is 0 Å². The molecule has 1 saturated carbocycles. The van der Waals surface area contributed by atoms with Crippen LogP contribution in [0.25, 0.3) is 0 Å². The Morgan fingerprint density at radius 2 is 1.80 bits per heavy atom. The van der Waals surface area contributed by atoms with Crippen LogP contribution in [0.5, 0.6) is 0 Å². The van der Waals surface area contributed by atoms with Crippen LogP contribution in [-0.2, 0) is 9.59 Å². The molecular weight excluding hydrogens is 190 g/mol. The molecule has 15 heavy (non-hydrogen) atoms. The van der Waals surface area contributed by atoms with Crippen molar-refractivity contribution in [2.24, 2.45) is 17.3 Å². The molecule has 0 unspecified atom stereocenters. The highest BCUT2D eigenvalue weighted by molar-refractivity contribution is 5.90. The zero-order valence-corrected chi connectivity index (χ0v) is 10.3. The van der Waals surface area contributed by atoms with Gasteiger partial charge in [0.2, 0.25) is 5.91 Å². The van der Waals surface area contributed by atoms with Gasteiger partial charge in [-0.05, 0) is 24.7 Å². The molecule has 86 valence electrons. The van der Waals surface area contributed by atoms with Crippen LogP contribution in [0.15, 0.2) is 0 Å². The summed E-state index contributed by atoms with van der Waals surface area (Å²) in [5.74, 6) is 0.688. The van der Waals surface area contributed by atoms with E-state index in [0.717, 1.165) is 6.42 Å². The smallest absolute Gasteiger partial charge is 0.223 e. The van der Waals surface area contributed by atoms with Crippen molar-refractivity contribution in [3.8, 4) is 0 Å². The maximum Gasteiger partial charge on any atom is 0.223 e. The maximum atomic E-state index is 11.7. The molecule has 0 bridgehead atoms. The Kier molecular flexibility index (Phi) is 3.22. The van der Waals surface area contributed by atoms with Gasteiger partial charge in [0.1, 0.15) is 0 Å². The summed E-state index contributed by atoms with van der Waals surface area (Å²) in [6.45, 7) is 9.50. The van der Waals surface area contributed by atoms with E-state index in [0.29, 0.717) is 5.92 Å². The van der Waals surface area contributed by atoms with E-state index in [-0.39, 0.29) is 29.1 Å². The fourth-order valence-electron chi connectivity index (χ4n) is 1.86. The average Bonchev–Trinajstić information content (AvgIpc) is 2.75. The number of amides is 1. The third kappa shape index (κ3) is 3.05. The largest absolute Gasteiger partial charge is 0.346 e. The topological polar surface area (TPSA) is 46.2 Å². The van der Waals surface area contributed by atoms with Crippen molar-refractivity contribution in [2.75, 3.05) is 0 Å².